The van der Waals surface area contributed by atoms with Crippen LogP contribution in [0.2, 0.25) is 0 Å². The van der Waals surface area contributed by atoms with E-state index in [1.54, 1.807) is 0 Å². The molecule has 0 aliphatic heterocycles. The van der Waals surface area contributed by atoms with Gasteiger partial charge in [0.2, 0.25) is 0 Å². The lowest BCUT2D eigenvalue weighted by molar-refractivity contribution is -0.0228. The van der Waals surface area contributed by atoms with E-state index in [2.05, 4.69) is 26.1 Å². The van der Waals surface area contributed by atoms with E-state index in [-0.39, 0.29) is 17.5 Å². The van der Waals surface area contributed by atoms with Gasteiger partial charge in [-0.3, -0.25) is 4.79 Å². The molecule has 1 aromatic carbocycles. The number of carbonyl (C=O) groups excluding carboxylic acids is 1. The molecule has 0 atom stereocenters. The summed E-state index contributed by atoms with van der Waals surface area (Å²) in [6.07, 6.45) is 2.98. The van der Waals surface area contributed by atoms with Crippen LogP contribution in [-0.2, 0) is 0 Å². The van der Waals surface area contributed by atoms with Gasteiger partial charge in [0.25, 0.3) is 5.91 Å². The number of amides is 1. The molecule has 2 rings (SSSR count). The van der Waals surface area contributed by atoms with Crippen LogP contribution in [-0.4, -0.2) is 23.2 Å². The zero-order valence-electron chi connectivity index (χ0n) is 14.0. The Hall–Kier alpha value is -1.49. The molecular weight excluding hydrogens is 300 g/mol. The summed E-state index contributed by atoms with van der Waals surface area (Å²) in [6, 6.07) is 2.76. The molecule has 1 aromatic rings. The van der Waals surface area contributed by atoms with Crippen LogP contribution in [0, 0.1) is 23.0 Å². The number of hydrogen-bond acceptors (Lipinski definition) is 2. The average molecular weight is 325 g/mol. The molecular formula is C18H25F2NO2. The molecule has 1 fully saturated rings. The van der Waals surface area contributed by atoms with E-state index in [1.807, 2.05) is 0 Å². The second kappa shape index (κ2) is 6.56. The molecule has 0 heterocycles. The molecule has 1 saturated carbocycles. The molecule has 5 heteroatoms. The monoisotopic (exact) mass is 325 g/mol. The summed E-state index contributed by atoms with van der Waals surface area (Å²) in [5.74, 6) is -1.60. The van der Waals surface area contributed by atoms with Crippen LogP contribution >= 0.6 is 0 Å². The smallest absolute Gasteiger partial charge is 0.254 e. The van der Waals surface area contributed by atoms with Crippen molar-refractivity contribution in [2.75, 3.05) is 6.54 Å². The number of benzene rings is 1. The predicted octanol–water partition coefficient (Wildman–Crippen LogP) is 3.66. The molecule has 0 aromatic heterocycles. The van der Waals surface area contributed by atoms with Gasteiger partial charge in [-0.2, -0.15) is 0 Å². The van der Waals surface area contributed by atoms with Crippen LogP contribution < -0.4 is 5.32 Å². The van der Waals surface area contributed by atoms with Crippen molar-refractivity contribution >= 4 is 5.91 Å². The van der Waals surface area contributed by atoms with Gasteiger partial charge in [-0.25, -0.2) is 8.78 Å². The summed E-state index contributed by atoms with van der Waals surface area (Å²) in [5.41, 5.74) is -1.10. The van der Waals surface area contributed by atoms with E-state index in [9.17, 15) is 18.7 Å². The third-order valence-corrected chi connectivity index (χ3v) is 4.89. The second-order valence-corrected chi connectivity index (χ2v) is 7.67. The summed E-state index contributed by atoms with van der Waals surface area (Å²) in [6.45, 7) is 6.63. The standard InChI is InChI=1S/C18H25F2NO2/c1-17(2,3)12-6-8-18(23,9-7-12)11-21-16(22)14-10-13(19)4-5-15(14)20/h4-5,10,12,23H,6-9,11H2,1-3H3,(H,21,22). The second-order valence-electron chi connectivity index (χ2n) is 7.67. The minimum absolute atomic E-state index is 0.0542. The Morgan fingerprint density at radius 2 is 1.91 bits per heavy atom. The van der Waals surface area contributed by atoms with Crippen LogP contribution in [0.1, 0.15) is 56.8 Å². The molecule has 0 saturated heterocycles. The molecule has 1 aliphatic rings. The molecule has 2 N–H and O–H groups in total. The van der Waals surface area contributed by atoms with Gasteiger partial charge >= 0.3 is 0 Å². The minimum Gasteiger partial charge on any atom is -0.388 e. The molecule has 0 bridgehead atoms. The maximum absolute atomic E-state index is 13.6. The van der Waals surface area contributed by atoms with E-state index in [0.717, 1.165) is 31.0 Å². The van der Waals surface area contributed by atoms with E-state index in [1.165, 1.54) is 0 Å². The maximum atomic E-state index is 13.6. The lowest BCUT2D eigenvalue weighted by Crippen LogP contribution is -2.46. The normalized spacial score (nSPS) is 25.2. The van der Waals surface area contributed by atoms with E-state index in [4.69, 9.17) is 0 Å². The molecule has 1 aliphatic carbocycles. The third-order valence-electron chi connectivity index (χ3n) is 4.89. The van der Waals surface area contributed by atoms with Gasteiger partial charge in [-0.15, -0.1) is 0 Å². The van der Waals surface area contributed by atoms with Gasteiger partial charge in [-0.05, 0) is 55.2 Å². The van der Waals surface area contributed by atoms with Crippen molar-refractivity contribution in [3.8, 4) is 0 Å². The lowest BCUT2D eigenvalue weighted by atomic mass is 9.68. The number of nitrogens with one attached hydrogen (secondary N) is 1. The lowest BCUT2D eigenvalue weighted by Gasteiger charge is -2.41. The maximum Gasteiger partial charge on any atom is 0.254 e. The number of rotatable bonds is 3. The van der Waals surface area contributed by atoms with Crippen molar-refractivity contribution < 1.29 is 18.7 Å². The molecule has 0 unspecified atom stereocenters. The first-order chi connectivity index (χ1) is 10.6. The van der Waals surface area contributed by atoms with Gasteiger partial charge in [0.05, 0.1) is 11.2 Å². The topological polar surface area (TPSA) is 49.3 Å². The van der Waals surface area contributed by atoms with Crippen LogP contribution in [0.25, 0.3) is 0 Å². The highest BCUT2D eigenvalue weighted by molar-refractivity contribution is 5.94. The van der Waals surface area contributed by atoms with Crippen molar-refractivity contribution in [2.24, 2.45) is 11.3 Å². The van der Waals surface area contributed by atoms with Gasteiger partial charge in [0, 0.05) is 6.54 Å². The number of hydrogen-bond donors (Lipinski definition) is 2. The SMILES string of the molecule is CC(C)(C)C1CCC(O)(CNC(=O)c2cc(F)ccc2F)CC1. The van der Waals surface area contributed by atoms with Crippen molar-refractivity contribution in [1.82, 2.24) is 5.32 Å². The summed E-state index contributed by atoms with van der Waals surface area (Å²) in [4.78, 5) is 12.0. The van der Waals surface area contributed by atoms with Gasteiger partial charge < -0.3 is 10.4 Å². The van der Waals surface area contributed by atoms with Gasteiger partial charge in [-0.1, -0.05) is 20.8 Å². The summed E-state index contributed by atoms with van der Waals surface area (Å²) in [5, 5.41) is 13.1. The van der Waals surface area contributed by atoms with Gasteiger partial charge in [0.1, 0.15) is 11.6 Å². The number of carbonyl (C=O) groups is 1. The molecule has 1 amide bonds. The first kappa shape index (κ1) is 17.9. The highest BCUT2D eigenvalue weighted by Gasteiger charge is 2.37. The number of halogens is 2. The fourth-order valence-electron chi connectivity index (χ4n) is 3.21. The summed E-state index contributed by atoms with van der Waals surface area (Å²) < 4.78 is 26.7. The fraction of sp³-hybridized carbons (Fsp3) is 0.611. The van der Waals surface area contributed by atoms with E-state index < -0.39 is 23.1 Å². The molecule has 0 radical (unpaired) electrons. The van der Waals surface area contributed by atoms with Crippen molar-refractivity contribution in [3.05, 3.63) is 35.4 Å². The first-order valence-corrected chi connectivity index (χ1v) is 8.06. The van der Waals surface area contributed by atoms with Crippen LogP contribution in [0.4, 0.5) is 8.78 Å². The van der Waals surface area contributed by atoms with E-state index >= 15 is 0 Å². The Balaban J connectivity index is 1.93. The van der Waals surface area contributed by atoms with Crippen molar-refractivity contribution in [3.63, 3.8) is 0 Å². The van der Waals surface area contributed by atoms with Crippen LogP contribution in [0.5, 0.6) is 0 Å². The Morgan fingerprint density at radius 3 is 2.48 bits per heavy atom. The zero-order chi connectivity index (χ0) is 17.3. The third kappa shape index (κ3) is 4.50. The zero-order valence-corrected chi connectivity index (χ0v) is 14.0. The van der Waals surface area contributed by atoms with Crippen LogP contribution in [0.15, 0.2) is 18.2 Å². The Labute approximate surface area is 136 Å². The molecule has 3 nitrogen and oxygen atoms in total. The highest BCUT2D eigenvalue weighted by Crippen LogP contribution is 2.41. The molecule has 128 valence electrons. The average Bonchev–Trinajstić information content (AvgIpc) is 2.47. The number of aliphatic hydroxyl groups is 1. The summed E-state index contributed by atoms with van der Waals surface area (Å²) >= 11 is 0. The van der Waals surface area contributed by atoms with E-state index in [0.29, 0.717) is 18.8 Å². The predicted molar refractivity (Wildman–Crippen MR) is 85.1 cm³/mol. The van der Waals surface area contributed by atoms with Crippen molar-refractivity contribution in [2.45, 2.75) is 52.1 Å². The molecule has 0 spiro atoms. The largest absolute Gasteiger partial charge is 0.388 e. The first-order valence-electron chi connectivity index (χ1n) is 8.06. The Morgan fingerprint density at radius 1 is 1.30 bits per heavy atom. The van der Waals surface area contributed by atoms with Gasteiger partial charge in [0.15, 0.2) is 0 Å². The molecule has 23 heavy (non-hydrogen) atoms. The Kier molecular flexibility index (Phi) is 5.09. The van der Waals surface area contributed by atoms with Crippen LogP contribution in [0.3, 0.4) is 0 Å². The quantitative estimate of drug-likeness (QED) is 0.891. The fourth-order valence-corrected chi connectivity index (χ4v) is 3.21. The minimum atomic E-state index is -0.971. The highest BCUT2D eigenvalue weighted by atomic mass is 19.1. The summed E-state index contributed by atoms with van der Waals surface area (Å²) in [7, 11) is 0. The Bertz CT molecular complexity index is 573. The van der Waals surface area contributed by atoms with Crippen molar-refractivity contribution in [1.29, 1.82) is 0 Å².